The monoisotopic (exact) mass is 510 g/mol. The third-order valence-corrected chi connectivity index (χ3v) is 7.50. The van der Waals surface area contributed by atoms with Gasteiger partial charge in [-0.25, -0.2) is 8.42 Å². The summed E-state index contributed by atoms with van der Waals surface area (Å²) in [6, 6.07) is 19.4. The molecule has 0 bridgehead atoms. The van der Waals surface area contributed by atoms with Gasteiger partial charge in [0.1, 0.15) is 0 Å². The van der Waals surface area contributed by atoms with Gasteiger partial charge in [0.2, 0.25) is 15.9 Å². The number of carbonyl (C=O) groups is 1. The van der Waals surface area contributed by atoms with E-state index in [0.29, 0.717) is 20.6 Å². The molecular formula is C23H21Cl3N2O3S. The van der Waals surface area contributed by atoms with E-state index in [4.69, 9.17) is 34.8 Å². The van der Waals surface area contributed by atoms with Crippen LogP contribution in [0.15, 0.2) is 77.7 Å². The SMILES string of the molecule is C[C@H](NC(=O)CN(Cc1ccccc1Cl)S(=O)(=O)c1ccc(Cl)cc1)c1ccc(Cl)cc1. The van der Waals surface area contributed by atoms with Crippen molar-refractivity contribution in [1.82, 2.24) is 9.62 Å². The van der Waals surface area contributed by atoms with Crippen LogP contribution in [0.25, 0.3) is 0 Å². The lowest BCUT2D eigenvalue weighted by Gasteiger charge is -2.24. The van der Waals surface area contributed by atoms with Crippen LogP contribution in [0.5, 0.6) is 0 Å². The first-order chi connectivity index (χ1) is 15.2. The number of hydrogen-bond donors (Lipinski definition) is 1. The molecule has 0 radical (unpaired) electrons. The molecule has 3 rings (SSSR count). The van der Waals surface area contributed by atoms with Gasteiger partial charge < -0.3 is 5.32 Å². The zero-order valence-electron chi connectivity index (χ0n) is 17.1. The minimum atomic E-state index is -4.00. The molecule has 0 aromatic heterocycles. The van der Waals surface area contributed by atoms with E-state index < -0.39 is 15.9 Å². The van der Waals surface area contributed by atoms with Gasteiger partial charge in [-0.05, 0) is 60.5 Å². The van der Waals surface area contributed by atoms with Crippen LogP contribution >= 0.6 is 34.8 Å². The van der Waals surface area contributed by atoms with Gasteiger partial charge in [0.05, 0.1) is 17.5 Å². The van der Waals surface area contributed by atoms with Crippen molar-refractivity contribution < 1.29 is 13.2 Å². The highest BCUT2D eigenvalue weighted by Gasteiger charge is 2.28. The van der Waals surface area contributed by atoms with Gasteiger partial charge in [-0.2, -0.15) is 4.31 Å². The van der Waals surface area contributed by atoms with E-state index in [-0.39, 0.29) is 24.0 Å². The van der Waals surface area contributed by atoms with E-state index in [1.54, 1.807) is 48.5 Å². The van der Waals surface area contributed by atoms with Crippen LogP contribution in [0, 0.1) is 0 Å². The number of benzene rings is 3. The standard InChI is InChI=1S/C23H21Cl3N2O3S/c1-16(17-6-8-19(24)9-7-17)27-23(29)15-28(14-18-4-2-3-5-22(18)26)32(30,31)21-12-10-20(25)11-13-21/h2-13,16H,14-15H2,1H3,(H,27,29)/t16-/m0/s1. The van der Waals surface area contributed by atoms with E-state index in [2.05, 4.69) is 5.32 Å². The van der Waals surface area contributed by atoms with E-state index in [1.165, 1.54) is 24.3 Å². The lowest BCUT2D eigenvalue weighted by molar-refractivity contribution is -0.122. The molecule has 0 aliphatic carbocycles. The number of rotatable bonds is 8. The fourth-order valence-corrected chi connectivity index (χ4v) is 4.90. The topological polar surface area (TPSA) is 66.5 Å². The third-order valence-electron chi connectivity index (χ3n) is 4.82. The van der Waals surface area contributed by atoms with Crippen LogP contribution < -0.4 is 5.32 Å². The number of amides is 1. The third kappa shape index (κ3) is 6.24. The first kappa shape index (κ1) is 24.6. The molecule has 0 unspecified atom stereocenters. The normalized spacial score (nSPS) is 12.5. The highest BCUT2D eigenvalue weighted by molar-refractivity contribution is 7.89. The van der Waals surface area contributed by atoms with E-state index in [0.717, 1.165) is 9.87 Å². The second-order valence-electron chi connectivity index (χ2n) is 7.16. The molecule has 168 valence electrons. The molecule has 0 aliphatic rings. The molecule has 0 saturated carbocycles. The first-order valence-corrected chi connectivity index (χ1v) is 12.3. The average molecular weight is 512 g/mol. The molecule has 32 heavy (non-hydrogen) atoms. The first-order valence-electron chi connectivity index (χ1n) is 9.71. The van der Waals surface area contributed by atoms with Crippen molar-refractivity contribution >= 4 is 50.7 Å². The number of hydrogen-bond acceptors (Lipinski definition) is 3. The van der Waals surface area contributed by atoms with Crippen molar-refractivity contribution in [2.75, 3.05) is 6.54 Å². The summed E-state index contributed by atoms with van der Waals surface area (Å²) in [6.45, 7) is 1.37. The molecule has 3 aromatic rings. The predicted molar refractivity (Wildman–Crippen MR) is 129 cm³/mol. The summed E-state index contributed by atoms with van der Waals surface area (Å²) in [5.74, 6) is -0.447. The summed E-state index contributed by atoms with van der Waals surface area (Å²) in [4.78, 5) is 12.8. The largest absolute Gasteiger partial charge is 0.348 e. The van der Waals surface area contributed by atoms with Gasteiger partial charge in [0, 0.05) is 21.6 Å². The zero-order chi connectivity index (χ0) is 23.3. The number of halogens is 3. The second-order valence-corrected chi connectivity index (χ2v) is 10.4. The maximum absolute atomic E-state index is 13.3. The Morgan fingerprint density at radius 1 is 0.906 bits per heavy atom. The Bertz CT molecular complexity index is 1180. The van der Waals surface area contributed by atoms with Crippen LogP contribution in [0.2, 0.25) is 15.1 Å². The fraction of sp³-hybridized carbons (Fsp3) is 0.174. The minimum absolute atomic E-state index is 0.0347. The molecule has 1 N–H and O–H groups in total. The van der Waals surface area contributed by atoms with Crippen molar-refractivity contribution in [2.45, 2.75) is 24.4 Å². The Morgan fingerprint density at radius 2 is 1.47 bits per heavy atom. The van der Waals surface area contributed by atoms with Crippen molar-refractivity contribution in [3.05, 3.63) is 99.0 Å². The van der Waals surface area contributed by atoms with Crippen LogP contribution in [0.3, 0.4) is 0 Å². The summed E-state index contributed by atoms with van der Waals surface area (Å²) in [6.07, 6.45) is 0. The molecule has 9 heteroatoms. The number of sulfonamides is 1. The van der Waals surface area contributed by atoms with E-state index in [9.17, 15) is 13.2 Å². The summed E-state index contributed by atoms with van der Waals surface area (Å²) in [5.41, 5.74) is 1.44. The highest BCUT2D eigenvalue weighted by Crippen LogP contribution is 2.24. The average Bonchev–Trinajstić information content (AvgIpc) is 2.75. The maximum atomic E-state index is 13.3. The van der Waals surface area contributed by atoms with Gasteiger partial charge in [-0.1, -0.05) is 65.1 Å². The van der Waals surface area contributed by atoms with E-state index >= 15 is 0 Å². The van der Waals surface area contributed by atoms with Crippen LogP contribution in [-0.2, 0) is 21.4 Å². The summed E-state index contributed by atoms with van der Waals surface area (Å²) in [5, 5.41) is 4.26. The summed E-state index contributed by atoms with van der Waals surface area (Å²) < 4.78 is 27.8. The van der Waals surface area contributed by atoms with E-state index in [1.807, 2.05) is 6.92 Å². The van der Waals surface area contributed by atoms with Gasteiger partial charge in [-0.15, -0.1) is 0 Å². The summed E-state index contributed by atoms with van der Waals surface area (Å²) in [7, 11) is -4.00. The molecule has 0 aliphatic heterocycles. The molecule has 1 atom stereocenters. The molecule has 0 fully saturated rings. The molecular weight excluding hydrogens is 491 g/mol. The Morgan fingerprint density at radius 3 is 2.06 bits per heavy atom. The molecule has 0 heterocycles. The van der Waals surface area contributed by atoms with Gasteiger partial charge in [0.15, 0.2) is 0 Å². The van der Waals surface area contributed by atoms with Crippen molar-refractivity contribution in [3.8, 4) is 0 Å². The Kier molecular flexibility index (Phi) is 8.20. The zero-order valence-corrected chi connectivity index (χ0v) is 20.2. The summed E-state index contributed by atoms with van der Waals surface area (Å²) >= 11 is 18.1. The van der Waals surface area contributed by atoms with Crippen molar-refractivity contribution in [3.63, 3.8) is 0 Å². The number of carbonyl (C=O) groups excluding carboxylic acids is 1. The minimum Gasteiger partial charge on any atom is -0.348 e. The Balaban J connectivity index is 1.84. The molecule has 0 spiro atoms. The Labute approximate surface area is 203 Å². The lowest BCUT2D eigenvalue weighted by atomic mass is 10.1. The Hall–Kier alpha value is -2.09. The fourth-order valence-electron chi connectivity index (χ4n) is 3.08. The number of nitrogens with one attached hydrogen (secondary N) is 1. The lowest BCUT2D eigenvalue weighted by Crippen LogP contribution is -2.41. The molecule has 3 aromatic carbocycles. The van der Waals surface area contributed by atoms with Crippen LogP contribution in [0.4, 0.5) is 0 Å². The van der Waals surface area contributed by atoms with Crippen molar-refractivity contribution in [2.24, 2.45) is 0 Å². The predicted octanol–water partition coefficient (Wildman–Crippen LogP) is 5.72. The molecule has 1 amide bonds. The van der Waals surface area contributed by atoms with Crippen molar-refractivity contribution in [1.29, 1.82) is 0 Å². The maximum Gasteiger partial charge on any atom is 0.243 e. The van der Waals surface area contributed by atoms with Crippen LogP contribution in [-0.4, -0.2) is 25.2 Å². The van der Waals surface area contributed by atoms with Gasteiger partial charge in [-0.3, -0.25) is 4.79 Å². The van der Waals surface area contributed by atoms with Gasteiger partial charge in [0.25, 0.3) is 0 Å². The second kappa shape index (κ2) is 10.7. The quantitative estimate of drug-likeness (QED) is 0.421. The van der Waals surface area contributed by atoms with Crippen LogP contribution in [0.1, 0.15) is 24.1 Å². The number of nitrogens with zero attached hydrogens (tertiary/aromatic N) is 1. The molecule has 5 nitrogen and oxygen atoms in total. The smallest absolute Gasteiger partial charge is 0.243 e. The van der Waals surface area contributed by atoms with Gasteiger partial charge >= 0.3 is 0 Å². The molecule has 0 saturated heterocycles. The highest BCUT2D eigenvalue weighted by atomic mass is 35.5.